The van der Waals surface area contributed by atoms with Gasteiger partial charge in [-0.1, -0.05) is 13.8 Å². The molecule has 26 heavy (non-hydrogen) atoms. The van der Waals surface area contributed by atoms with Crippen LogP contribution in [0, 0.1) is 29.1 Å². The highest BCUT2D eigenvalue weighted by molar-refractivity contribution is 5.24. The predicted molar refractivity (Wildman–Crippen MR) is 94.0 cm³/mol. The summed E-state index contributed by atoms with van der Waals surface area (Å²) in [6, 6.07) is 0. The normalized spacial score (nSPS) is 63.9. The van der Waals surface area contributed by atoms with Crippen molar-refractivity contribution in [2.45, 2.75) is 94.4 Å². The molecule has 4 aliphatic carbocycles. The number of hydrogen-bond donors (Lipinski definition) is 6. The Morgan fingerprint density at radius 1 is 0.808 bits per heavy atom. The lowest BCUT2D eigenvalue weighted by molar-refractivity contribution is -0.247. The minimum Gasteiger partial charge on any atom is -0.392 e. The lowest BCUT2D eigenvalue weighted by atomic mass is 9.56. The fourth-order valence-corrected chi connectivity index (χ4v) is 7.69. The van der Waals surface area contributed by atoms with E-state index in [-0.39, 0.29) is 37.0 Å². The second-order valence-corrected chi connectivity index (χ2v) is 10.8. The Kier molecular flexibility index (Phi) is 3.69. The van der Waals surface area contributed by atoms with E-state index in [1.807, 2.05) is 0 Å². The Morgan fingerprint density at radius 2 is 1.38 bits per heavy atom. The average Bonchev–Trinajstić information content (AvgIpc) is 3.08. The molecule has 0 spiro atoms. The van der Waals surface area contributed by atoms with Crippen molar-refractivity contribution in [1.29, 1.82) is 0 Å². The van der Waals surface area contributed by atoms with Crippen molar-refractivity contribution >= 4 is 0 Å². The van der Waals surface area contributed by atoms with Crippen molar-refractivity contribution in [3.8, 4) is 0 Å². The summed E-state index contributed by atoms with van der Waals surface area (Å²) in [6.45, 7) is 6.83. The fraction of sp³-hybridized carbons (Fsp3) is 1.00. The van der Waals surface area contributed by atoms with E-state index < -0.39 is 45.9 Å². The second kappa shape index (κ2) is 5.02. The highest BCUT2D eigenvalue weighted by atomic mass is 16.4. The van der Waals surface area contributed by atoms with Crippen LogP contribution in [0.1, 0.15) is 59.8 Å². The van der Waals surface area contributed by atoms with Gasteiger partial charge < -0.3 is 30.6 Å². The molecule has 10 atom stereocenters. The molecule has 4 rings (SSSR count). The third-order valence-corrected chi connectivity index (χ3v) is 9.11. The molecule has 0 heterocycles. The Morgan fingerprint density at radius 3 is 2.00 bits per heavy atom. The van der Waals surface area contributed by atoms with Gasteiger partial charge in [-0.3, -0.25) is 0 Å². The first-order valence-corrected chi connectivity index (χ1v) is 9.95. The van der Waals surface area contributed by atoms with Crippen LogP contribution in [0.2, 0.25) is 0 Å². The minimum absolute atomic E-state index is 0.0555. The molecule has 0 saturated heterocycles. The van der Waals surface area contributed by atoms with E-state index in [9.17, 15) is 30.6 Å². The molecule has 0 aromatic rings. The van der Waals surface area contributed by atoms with Gasteiger partial charge in [0.05, 0.1) is 29.0 Å². The molecular weight excluding hydrogens is 336 g/mol. The van der Waals surface area contributed by atoms with Gasteiger partial charge in [-0.2, -0.15) is 0 Å². The third kappa shape index (κ3) is 1.98. The number of hydrogen-bond acceptors (Lipinski definition) is 6. The monoisotopic (exact) mass is 370 g/mol. The molecule has 6 heteroatoms. The van der Waals surface area contributed by atoms with Crippen LogP contribution < -0.4 is 0 Å². The Hall–Kier alpha value is -0.240. The first-order valence-electron chi connectivity index (χ1n) is 9.95. The van der Waals surface area contributed by atoms with E-state index in [1.165, 1.54) is 0 Å². The first kappa shape index (κ1) is 19.1. The second-order valence-electron chi connectivity index (χ2n) is 10.8. The summed E-state index contributed by atoms with van der Waals surface area (Å²) in [6.07, 6.45) is -0.522. The minimum atomic E-state index is -1.72. The van der Waals surface area contributed by atoms with Gasteiger partial charge >= 0.3 is 0 Å². The molecule has 150 valence electrons. The van der Waals surface area contributed by atoms with Crippen molar-refractivity contribution in [2.75, 3.05) is 0 Å². The van der Waals surface area contributed by atoms with Crippen LogP contribution in [-0.4, -0.2) is 65.3 Å². The van der Waals surface area contributed by atoms with E-state index in [4.69, 9.17) is 0 Å². The van der Waals surface area contributed by atoms with Gasteiger partial charge in [0.15, 0.2) is 0 Å². The average molecular weight is 370 g/mol. The number of rotatable bonds is 0. The first-order chi connectivity index (χ1) is 11.7. The van der Waals surface area contributed by atoms with E-state index in [2.05, 4.69) is 0 Å². The smallest absolute Gasteiger partial charge is 0.104 e. The molecule has 0 unspecified atom stereocenters. The number of aliphatic hydroxyl groups is 6. The molecule has 0 aromatic carbocycles. The third-order valence-electron chi connectivity index (χ3n) is 9.11. The van der Waals surface area contributed by atoms with Crippen LogP contribution in [-0.2, 0) is 0 Å². The zero-order chi connectivity index (χ0) is 19.5. The molecule has 0 radical (unpaired) electrons. The highest BCUT2D eigenvalue weighted by Crippen LogP contribution is 2.67. The Balaban J connectivity index is 1.89. The summed E-state index contributed by atoms with van der Waals surface area (Å²) < 4.78 is 0. The summed E-state index contributed by atoms with van der Waals surface area (Å²) in [5.41, 5.74) is -6.50. The topological polar surface area (TPSA) is 121 Å². The Labute approximate surface area is 154 Å². The van der Waals surface area contributed by atoms with Crippen molar-refractivity contribution < 1.29 is 30.6 Å². The van der Waals surface area contributed by atoms with Crippen molar-refractivity contribution in [2.24, 2.45) is 29.1 Å². The summed E-state index contributed by atoms with van der Waals surface area (Å²) in [7, 11) is 0. The van der Waals surface area contributed by atoms with Gasteiger partial charge in [0.1, 0.15) is 5.60 Å². The lowest BCUT2D eigenvalue weighted by Gasteiger charge is -2.55. The van der Waals surface area contributed by atoms with E-state index >= 15 is 0 Å². The molecule has 4 saturated carbocycles. The van der Waals surface area contributed by atoms with Crippen LogP contribution in [0.15, 0.2) is 0 Å². The number of aliphatic hydroxyl groups excluding tert-OH is 2. The highest BCUT2D eigenvalue weighted by Gasteiger charge is 2.74. The molecule has 0 aliphatic heterocycles. The maximum atomic E-state index is 11.7. The van der Waals surface area contributed by atoms with Crippen LogP contribution in [0.5, 0.6) is 0 Å². The van der Waals surface area contributed by atoms with E-state index in [0.29, 0.717) is 12.8 Å². The maximum Gasteiger partial charge on any atom is 0.104 e. The molecule has 4 aliphatic rings. The molecule has 0 amide bonds. The predicted octanol–water partition coefficient (Wildman–Crippen LogP) is 0.168. The largest absolute Gasteiger partial charge is 0.392 e. The van der Waals surface area contributed by atoms with Crippen LogP contribution in [0.4, 0.5) is 0 Å². The molecule has 0 bridgehead atoms. The molecule has 0 aromatic heterocycles. The van der Waals surface area contributed by atoms with E-state index in [0.717, 1.165) is 0 Å². The maximum absolute atomic E-state index is 11.7. The van der Waals surface area contributed by atoms with Gasteiger partial charge in [0, 0.05) is 24.2 Å². The van der Waals surface area contributed by atoms with Gasteiger partial charge in [0.2, 0.25) is 0 Å². The van der Waals surface area contributed by atoms with Gasteiger partial charge in [-0.25, -0.2) is 0 Å². The quantitative estimate of drug-likeness (QED) is 0.361. The van der Waals surface area contributed by atoms with Gasteiger partial charge in [-0.15, -0.1) is 0 Å². The van der Waals surface area contributed by atoms with Crippen LogP contribution in [0.25, 0.3) is 0 Å². The summed E-state index contributed by atoms with van der Waals surface area (Å²) in [5.74, 6) is -1.46. The number of fused-ring (bicyclic) bond motifs is 1. The molecule has 6 nitrogen and oxygen atoms in total. The fourth-order valence-electron chi connectivity index (χ4n) is 7.69. The zero-order valence-corrected chi connectivity index (χ0v) is 16.2. The zero-order valence-electron chi connectivity index (χ0n) is 16.2. The van der Waals surface area contributed by atoms with Gasteiger partial charge in [0.25, 0.3) is 0 Å². The van der Waals surface area contributed by atoms with Crippen LogP contribution >= 0.6 is 0 Å². The SMILES string of the molecule is CC1(C)[C@@H](O)C[C@H]2[C@](C)(O)[C@@H]3CC[C@@H]4[C@H]3[C@](O)(C[C@@H](O)[C@@]21O)C[C@@]4(C)O. The Bertz CT molecular complexity index is 615. The van der Waals surface area contributed by atoms with E-state index in [1.54, 1.807) is 27.7 Å². The summed E-state index contributed by atoms with van der Waals surface area (Å²) in [5, 5.41) is 67.4. The van der Waals surface area contributed by atoms with Crippen LogP contribution in [0.3, 0.4) is 0 Å². The van der Waals surface area contributed by atoms with Gasteiger partial charge in [-0.05, 0) is 50.9 Å². The lowest BCUT2D eigenvalue weighted by Crippen LogP contribution is -2.67. The van der Waals surface area contributed by atoms with Crippen molar-refractivity contribution in [3.63, 3.8) is 0 Å². The molecular formula is C20H34O6. The summed E-state index contributed by atoms with van der Waals surface area (Å²) >= 11 is 0. The van der Waals surface area contributed by atoms with Crippen molar-refractivity contribution in [3.05, 3.63) is 0 Å². The standard InChI is InChI=1S/C20H34O6/c1-16(2)13(21)7-12-18(4,24)11-6-5-10-15(11)19(25,9-17(10,3)23)8-14(22)20(12,16)26/h10-15,21-26H,5-9H2,1-4H3/t10-,11-,12+,13+,14-,15-,17-,18-,19+,20+/m1/s1. The van der Waals surface area contributed by atoms with Crippen molar-refractivity contribution in [1.82, 2.24) is 0 Å². The molecule has 4 fully saturated rings. The molecule has 6 N–H and O–H groups in total. The summed E-state index contributed by atoms with van der Waals surface area (Å²) in [4.78, 5) is 0.